The molecule has 0 aromatic carbocycles. The zero-order chi connectivity index (χ0) is 14.1. The predicted molar refractivity (Wildman–Crippen MR) is 68.6 cm³/mol. The molecule has 3 aromatic rings. The van der Waals surface area contributed by atoms with Crippen LogP contribution in [-0.2, 0) is 11.3 Å². The molecule has 7 nitrogen and oxygen atoms in total. The molecule has 3 heterocycles. The summed E-state index contributed by atoms with van der Waals surface area (Å²) < 4.78 is 12.5. The lowest BCUT2D eigenvalue weighted by Gasteiger charge is -2.00. The Bertz CT molecular complexity index is 827. The van der Waals surface area contributed by atoms with Gasteiger partial charge >= 0.3 is 11.7 Å². The minimum atomic E-state index is -0.509. The fraction of sp³-hybridized carbons (Fsp3) is 0.154. The SMILES string of the molecule is COC(=O)c1ccoc1Cn1nc2ccccn2c1=O. The minimum Gasteiger partial charge on any atom is -0.466 e. The monoisotopic (exact) mass is 273 g/mol. The lowest BCUT2D eigenvalue weighted by Crippen LogP contribution is -2.22. The maximum Gasteiger partial charge on any atom is 0.350 e. The zero-order valence-electron chi connectivity index (χ0n) is 10.6. The van der Waals surface area contributed by atoms with Gasteiger partial charge < -0.3 is 9.15 Å². The summed E-state index contributed by atoms with van der Waals surface area (Å²) in [5.74, 6) is -0.173. The summed E-state index contributed by atoms with van der Waals surface area (Å²) >= 11 is 0. The van der Waals surface area contributed by atoms with Gasteiger partial charge in [0.25, 0.3) is 0 Å². The molecule has 0 aliphatic carbocycles. The van der Waals surface area contributed by atoms with E-state index in [-0.39, 0.29) is 17.8 Å². The maximum absolute atomic E-state index is 12.1. The molecule has 3 rings (SSSR count). The minimum absolute atomic E-state index is 0.0674. The summed E-state index contributed by atoms with van der Waals surface area (Å²) in [5.41, 5.74) is 0.521. The largest absolute Gasteiger partial charge is 0.466 e. The van der Waals surface area contributed by atoms with Gasteiger partial charge in [-0.2, -0.15) is 0 Å². The van der Waals surface area contributed by atoms with Gasteiger partial charge in [0.2, 0.25) is 0 Å². The number of rotatable bonds is 3. The number of carbonyl (C=O) groups is 1. The molecule has 20 heavy (non-hydrogen) atoms. The van der Waals surface area contributed by atoms with E-state index in [1.165, 1.54) is 28.5 Å². The third kappa shape index (κ3) is 1.89. The second-order valence-corrected chi connectivity index (χ2v) is 4.12. The highest BCUT2D eigenvalue weighted by Crippen LogP contribution is 2.12. The Morgan fingerprint density at radius 3 is 3.00 bits per heavy atom. The summed E-state index contributed by atoms with van der Waals surface area (Å²) in [5, 5.41) is 4.17. The fourth-order valence-corrected chi connectivity index (χ4v) is 1.96. The van der Waals surface area contributed by atoms with Crippen LogP contribution in [0, 0.1) is 0 Å². The van der Waals surface area contributed by atoms with Crippen molar-refractivity contribution in [1.82, 2.24) is 14.2 Å². The Balaban J connectivity index is 2.02. The first-order valence-electron chi connectivity index (χ1n) is 5.89. The Hall–Kier alpha value is -2.83. The average Bonchev–Trinajstić information content (AvgIpc) is 3.05. The molecule has 0 amide bonds. The van der Waals surface area contributed by atoms with Gasteiger partial charge in [-0.1, -0.05) is 6.07 Å². The Morgan fingerprint density at radius 1 is 1.40 bits per heavy atom. The molecule has 0 aliphatic heterocycles. The van der Waals surface area contributed by atoms with Gasteiger partial charge in [0, 0.05) is 6.20 Å². The standard InChI is InChI=1S/C13H11N3O4/c1-19-12(17)9-5-7-20-10(9)8-16-13(18)15-6-3-2-4-11(15)14-16/h2-7H,8H2,1H3. The van der Waals surface area contributed by atoms with Gasteiger partial charge in [-0.3, -0.25) is 4.40 Å². The van der Waals surface area contributed by atoms with E-state index in [1.807, 2.05) is 0 Å². The molecule has 102 valence electrons. The average molecular weight is 273 g/mol. The Morgan fingerprint density at radius 2 is 2.25 bits per heavy atom. The molecular weight excluding hydrogens is 262 g/mol. The van der Waals surface area contributed by atoms with Crippen molar-refractivity contribution in [3.8, 4) is 0 Å². The molecule has 0 bridgehead atoms. The van der Waals surface area contributed by atoms with Gasteiger partial charge in [0.15, 0.2) is 5.65 Å². The molecule has 0 atom stereocenters. The predicted octanol–water partition coefficient (Wildman–Crippen LogP) is 0.924. The third-order valence-corrected chi connectivity index (χ3v) is 2.93. The smallest absolute Gasteiger partial charge is 0.350 e. The van der Waals surface area contributed by atoms with Crippen LogP contribution in [0.2, 0.25) is 0 Å². The van der Waals surface area contributed by atoms with Crippen molar-refractivity contribution in [2.75, 3.05) is 7.11 Å². The molecule has 0 saturated carbocycles. The van der Waals surface area contributed by atoms with Crippen LogP contribution in [-0.4, -0.2) is 27.3 Å². The Kier molecular flexibility index (Phi) is 2.86. The van der Waals surface area contributed by atoms with E-state index in [2.05, 4.69) is 9.84 Å². The fourth-order valence-electron chi connectivity index (χ4n) is 1.96. The number of hydrogen-bond donors (Lipinski definition) is 0. The van der Waals surface area contributed by atoms with E-state index in [1.54, 1.807) is 24.4 Å². The quantitative estimate of drug-likeness (QED) is 0.663. The van der Waals surface area contributed by atoms with E-state index >= 15 is 0 Å². The number of furan rings is 1. The third-order valence-electron chi connectivity index (χ3n) is 2.93. The highest BCUT2D eigenvalue weighted by molar-refractivity contribution is 5.90. The summed E-state index contributed by atoms with van der Waals surface area (Å²) in [6.07, 6.45) is 3.01. The van der Waals surface area contributed by atoms with Gasteiger partial charge in [0.05, 0.1) is 13.4 Å². The number of methoxy groups -OCH3 is 1. The van der Waals surface area contributed by atoms with Crippen molar-refractivity contribution in [1.29, 1.82) is 0 Å². The highest BCUT2D eigenvalue weighted by atomic mass is 16.5. The first-order valence-corrected chi connectivity index (χ1v) is 5.89. The maximum atomic E-state index is 12.1. The second kappa shape index (κ2) is 4.69. The lowest BCUT2D eigenvalue weighted by molar-refractivity contribution is 0.0598. The summed E-state index contributed by atoms with van der Waals surface area (Å²) in [6, 6.07) is 6.76. The van der Waals surface area contributed by atoms with Crippen molar-refractivity contribution in [3.05, 3.63) is 58.5 Å². The van der Waals surface area contributed by atoms with Gasteiger partial charge in [-0.25, -0.2) is 14.3 Å². The van der Waals surface area contributed by atoms with Crippen molar-refractivity contribution in [3.63, 3.8) is 0 Å². The van der Waals surface area contributed by atoms with Crippen LogP contribution in [0.5, 0.6) is 0 Å². The normalized spacial score (nSPS) is 10.8. The van der Waals surface area contributed by atoms with Crippen molar-refractivity contribution in [2.24, 2.45) is 0 Å². The topological polar surface area (TPSA) is 78.7 Å². The van der Waals surface area contributed by atoms with Crippen LogP contribution in [0.15, 0.2) is 45.9 Å². The van der Waals surface area contributed by atoms with E-state index in [0.717, 1.165) is 0 Å². The number of aromatic nitrogens is 3. The first-order chi connectivity index (χ1) is 9.70. The van der Waals surface area contributed by atoms with Gasteiger partial charge in [-0.15, -0.1) is 5.10 Å². The van der Waals surface area contributed by atoms with E-state index in [9.17, 15) is 9.59 Å². The highest BCUT2D eigenvalue weighted by Gasteiger charge is 2.17. The van der Waals surface area contributed by atoms with Crippen LogP contribution in [0.25, 0.3) is 5.65 Å². The zero-order valence-corrected chi connectivity index (χ0v) is 10.6. The Labute approximate surface area is 113 Å². The van der Waals surface area contributed by atoms with Gasteiger partial charge in [0.1, 0.15) is 17.9 Å². The molecule has 7 heteroatoms. The molecule has 0 aliphatic rings. The molecular formula is C13H11N3O4. The van der Waals surface area contributed by atoms with Crippen LogP contribution in [0.1, 0.15) is 16.1 Å². The number of ether oxygens (including phenoxy) is 1. The van der Waals surface area contributed by atoms with Crippen LogP contribution >= 0.6 is 0 Å². The number of fused-ring (bicyclic) bond motifs is 1. The van der Waals surface area contributed by atoms with E-state index in [4.69, 9.17) is 4.42 Å². The number of pyridine rings is 1. The summed E-state index contributed by atoms with van der Waals surface area (Å²) in [7, 11) is 1.29. The van der Waals surface area contributed by atoms with E-state index < -0.39 is 5.97 Å². The van der Waals surface area contributed by atoms with Crippen molar-refractivity contribution < 1.29 is 13.9 Å². The number of esters is 1. The lowest BCUT2D eigenvalue weighted by atomic mass is 10.2. The van der Waals surface area contributed by atoms with Crippen LogP contribution in [0.3, 0.4) is 0 Å². The van der Waals surface area contributed by atoms with Crippen molar-refractivity contribution in [2.45, 2.75) is 6.54 Å². The molecule has 0 N–H and O–H groups in total. The molecule has 0 radical (unpaired) electrons. The molecule has 0 saturated heterocycles. The van der Waals surface area contributed by atoms with Gasteiger partial charge in [-0.05, 0) is 18.2 Å². The van der Waals surface area contributed by atoms with Crippen molar-refractivity contribution >= 4 is 11.6 Å². The second-order valence-electron chi connectivity index (χ2n) is 4.12. The molecule has 0 fully saturated rings. The van der Waals surface area contributed by atoms with Crippen LogP contribution in [0.4, 0.5) is 0 Å². The first kappa shape index (κ1) is 12.2. The molecule has 0 unspecified atom stereocenters. The number of carbonyl (C=O) groups excluding carboxylic acids is 1. The molecule has 0 spiro atoms. The summed E-state index contributed by atoms with van der Waals surface area (Å²) in [6.45, 7) is 0.0674. The molecule has 3 aromatic heterocycles. The number of nitrogens with zero attached hydrogens (tertiary/aromatic N) is 3. The number of hydrogen-bond acceptors (Lipinski definition) is 5. The van der Waals surface area contributed by atoms with E-state index in [0.29, 0.717) is 11.4 Å². The summed E-state index contributed by atoms with van der Waals surface area (Å²) in [4.78, 5) is 23.7. The van der Waals surface area contributed by atoms with Crippen LogP contribution < -0.4 is 5.69 Å².